The maximum absolute atomic E-state index is 5.59. The van der Waals surface area contributed by atoms with Gasteiger partial charge < -0.3 is 0 Å². The maximum Gasteiger partial charge on any atom is 0.0562 e. The van der Waals surface area contributed by atoms with E-state index in [9.17, 15) is 0 Å². The van der Waals surface area contributed by atoms with Crippen LogP contribution in [0.2, 0.25) is 0 Å². The molecule has 0 aliphatic carbocycles. The van der Waals surface area contributed by atoms with Crippen LogP contribution < -0.4 is 11.3 Å². The van der Waals surface area contributed by atoms with Gasteiger partial charge >= 0.3 is 0 Å². The normalized spacial score (nSPS) is 12.6. The molecule has 0 saturated heterocycles. The first-order chi connectivity index (χ1) is 8.29. The van der Waals surface area contributed by atoms with Crippen molar-refractivity contribution in [3.8, 4) is 0 Å². The Labute approximate surface area is 110 Å². The third-order valence-electron chi connectivity index (χ3n) is 2.58. The van der Waals surface area contributed by atoms with Crippen LogP contribution in [0.25, 0.3) is 0 Å². The molecule has 2 aromatic rings. The lowest BCUT2D eigenvalue weighted by Gasteiger charge is -2.14. The van der Waals surface area contributed by atoms with E-state index < -0.39 is 0 Å². The van der Waals surface area contributed by atoms with E-state index in [4.69, 9.17) is 5.84 Å². The Bertz CT molecular complexity index is 437. The lowest BCUT2D eigenvalue weighted by atomic mass is 10.2. The number of nitrogens with two attached hydrogens (primary N) is 1. The smallest absolute Gasteiger partial charge is 0.0562 e. The zero-order chi connectivity index (χ0) is 12.1. The van der Waals surface area contributed by atoms with Gasteiger partial charge in [-0.3, -0.25) is 11.3 Å². The highest BCUT2D eigenvalue weighted by molar-refractivity contribution is 7.99. The number of hydrazine groups is 1. The summed E-state index contributed by atoms with van der Waals surface area (Å²) >= 11 is 3.52. The SMILES string of the molecule is Cc1ccc(SCC(NN)c2ccsc2)cc1. The fraction of sp³-hybridized carbons (Fsp3) is 0.231. The number of thiophene rings is 1. The molecule has 1 atom stereocenters. The summed E-state index contributed by atoms with van der Waals surface area (Å²) in [6, 6.07) is 10.9. The monoisotopic (exact) mass is 264 g/mol. The van der Waals surface area contributed by atoms with Gasteiger partial charge in [-0.05, 0) is 41.4 Å². The average molecular weight is 264 g/mol. The molecule has 90 valence electrons. The second-order valence-electron chi connectivity index (χ2n) is 3.90. The number of hydrogen-bond donors (Lipinski definition) is 2. The van der Waals surface area contributed by atoms with Gasteiger partial charge in [0.2, 0.25) is 0 Å². The van der Waals surface area contributed by atoms with E-state index in [2.05, 4.69) is 53.4 Å². The maximum atomic E-state index is 5.59. The van der Waals surface area contributed by atoms with Crippen LogP contribution in [0.1, 0.15) is 17.2 Å². The van der Waals surface area contributed by atoms with Crippen LogP contribution in [0.15, 0.2) is 46.0 Å². The molecule has 1 aromatic carbocycles. The van der Waals surface area contributed by atoms with Gasteiger partial charge in [-0.25, -0.2) is 0 Å². The molecule has 0 saturated carbocycles. The van der Waals surface area contributed by atoms with Crippen molar-refractivity contribution in [3.05, 3.63) is 52.2 Å². The van der Waals surface area contributed by atoms with Gasteiger partial charge in [0.25, 0.3) is 0 Å². The quantitative estimate of drug-likeness (QED) is 0.494. The summed E-state index contributed by atoms with van der Waals surface area (Å²) < 4.78 is 0. The molecule has 17 heavy (non-hydrogen) atoms. The summed E-state index contributed by atoms with van der Waals surface area (Å²) in [4.78, 5) is 1.28. The van der Waals surface area contributed by atoms with Crippen LogP contribution in [0.5, 0.6) is 0 Å². The van der Waals surface area contributed by atoms with E-state index in [0.29, 0.717) is 0 Å². The molecule has 1 unspecified atom stereocenters. The van der Waals surface area contributed by atoms with E-state index in [1.165, 1.54) is 16.0 Å². The summed E-state index contributed by atoms with van der Waals surface area (Å²) in [7, 11) is 0. The average Bonchev–Trinajstić information content (AvgIpc) is 2.86. The zero-order valence-corrected chi connectivity index (χ0v) is 11.4. The second kappa shape index (κ2) is 6.21. The van der Waals surface area contributed by atoms with Crippen LogP contribution in [-0.2, 0) is 0 Å². The summed E-state index contributed by atoms with van der Waals surface area (Å²) in [5.74, 6) is 6.53. The second-order valence-corrected chi connectivity index (χ2v) is 5.77. The van der Waals surface area contributed by atoms with Crippen molar-refractivity contribution in [3.63, 3.8) is 0 Å². The minimum atomic E-state index is 0.215. The fourth-order valence-electron chi connectivity index (χ4n) is 1.53. The molecule has 0 bridgehead atoms. The van der Waals surface area contributed by atoms with Gasteiger partial charge in [0.15, 0.2) is 0 Å². The molecule has 0 fully saturated rings. The molecule has 0 spiro atoms. The van der Waals surface area contributed by atoms with Crippen LogP contribution in [0.4, 0.5) is 0 Å². The minimum Gasteiger partial charge on any atom is -0.271 e. The van der Waals surface area contributed by atoms with Crippen LogP contribution >= 0.6 is 23.1 Å². The van der Waals surface area contributed by atoms with Crippen molar-refractivity contribution >= 4 is 23.1 Å². The first kappa shape index (κ1) is 12.6. The molecule has 0 amide bonds. The highest BCUT2D eigenvalue weighted by Gasteiger charge is 2.10. The Balaban J connectivity index is 1.94. The Morgan fingerprint density at radius 1 is 1.29 bits per heavy atom. The highest BCUT2D eigenvalue weighted by Crippen LogP contribution is 2.25. The van der Waals surface area contributed by atoms with Crippen molar-refractivity contribution in [2.24, 2.45) is 5.84 Å². The predicted octanol–water partition coefficient (Wildman–Crippen LogP) is 3.35. The Hall–Kier alpha value is -0.810. The predicted molar refractivity (Wildman–Crippen MR) is 76.3 cm³/mol. The van der Waals surface area contributed by atoms with Crippen molar-refractivity contribution in [1.29, 1.82) is 0 Å². The van der Waals surface area contributed by atoms with E-state index in [1.807, 2.05) is 11.8 Å². The third kappa shape index (κ3) is 3.57. The molecule has 3 N–H and O–H groups in total. The minimum absolute atomic E-state index is 0.215. The van der Waals surface area contributed by atoms with E-state index >= 15 is 0 Å². The van der Waals surface area contributed by atoms with Crippen LogP contribution in [-0.4, -0.2) is 5.75 Å². The molecule has 1 heterocycles. The van der Waals surface area contributed by atoms with Crippen LogP contribution in [0.3, 0.4) is 0 Å². The lowest BCUT2D eigenvalue weighted by Crippen LogP contribution is -2.29. The van der Waals surface area contributed by atoms with Crippen molar-refractivity contribution in [2.45, 2.75) is 17.9 Å². The molecule has 0 radical (unpaired) electrons. The third-order valence-corrected chi connectivity index (χ3v) is 4.39. The van der Waals surface area contributed by atoms with Gasteiger partial charge in [0, 0.05) is 10.6 Å². The fourth-order valence-corrected chi connectivity index (χ4v) is 3.22. The summed E-state index contributed by atoms with van der Waals surface area (Å²) in [5.41, 5.74) is 5.43. The van der Waals surface area contributed by atoms with Gasteiger partial charge in [-0.1, -0.05) is 17.7 Å². The molecular formula is C13H16N2S2. The molecule has 2 rings (SSSR count). The van der Waals surface area contributed by atoms with E-state index in [0.717, 1.165) is 5.75 Å². The molecule has 2 nitrogen and oxygen atoms in total. The molecular weight excluding hydrogens is 248 g/mol. The van der Waals surface area contributed by atoms with E-state index in [1.54, 1.807) is 11.3 Å². The first-order valence-corrected chi connectivity index (χ1v) is 7.40. The van der Waals surface area contributed by atoms with Crippen molar-refractivity contribution in [1.82, 2.24) is 5.43 Å². The van der Waals surface area contributed by atoms with Crippen LogP contribution in [0, 0.1) is 6.92 Å². The van der Waals surface area contributed by atoms with Crippen molar-refractivity contribution < 1.29 is 0 Å². The summed E-state index contributed by atoms with van der Waals surface area (Å²) in [6.45, 7) is 2.10. The lowest BCUT2D eigenvalue weighted by molar-refractivity contribution is 0.612. The molecule has 4 heteroatoms. The largest absolute Gasteiger partial charge is 0.271 e. The Morgan fingerprint density at radius 2 is 2.06 bits per heavy atom. The highest BCUT2D eigenvalue weighted by atomic mass is 32.2. The van der Waals surface area contributed by atoms with Gasteiger partial charge in [0.05, 0.1) is 6.04 Å². The summed E-state index contributed by atoms with van der Waals surface area (Å²) in [5, 5.41) is 4.22. The molecule has 0 aliphatic rings. The number of hydrogen-bond acceptors (Lipinski definition) is 4. The number of thioether (sulfide) groups is 1. The topological polar surface area (TPSA) is 38.0 Å². The number of benzene rings is 1. The van der Waals surface area contributed by atoms with E-state index in [-0.39, 0.29) is 6.04 Å². The Morgan fingerprint density at radius 3 is 2.65 bits per heavy atom. The Kier molecular flexibility index (Phi) is 4.62. The van der Waals surface area contributed by atoms with Gasteiger partial charge in [-0.15, -0.1) is 11.8 Å². The summed E-state index contributed by atoms with van der Waals surface area (Å²) in [6.07, 6.45) is 0. The number of rotatable bonds is 5. The molecule has 1 aromatic heterocycles. The van der Waals surface area contributed by atoms with Crippen molar-refractivity contribution in [2.75, 3.05) is 5.75 Å². The van der Waals surface area contributed by atoms with Gasteiger partial charge in [0.1, 0.15) is 0 Å². The zero-order valence-electron chi connectivity index (χ0n) is 9.72. The number of aryl methyl sites for hydroxylation is 1. The number of nitrogens with one attached hydrogen (secondary N) is 1. The molecule has 0 aliphatic heterocycles. The first-order valence-electron chi connectivity index (χ1n) is 5.47. The van der Waals surface area contributed by atoms with Gasteiger partial charge in [-0.2, -0.15) is 11.3 Å². The standard InChI is InChI=1S/C13H16N2S2/c1-10-2-4-12(5-3-10)17-9-13(15-14)11-6-7-16-8-11/h2-8,13,15H,9,14H2,1H3.